The van der Waals surface area contributed by atoms with Crippen LogP contribution in [-0.2, 0) is 7.05 Å². The summed E-state index contributed by atoms with van der Waals surface area (Å²) in [4.78, 5) is 12.7. The van der Waals surface area contributed by atoms with Gasteiger partial charge in [-0.3, -0.25) is 4.79 Å². The van der Waals surface area contributed by atoms with Gasteiger partial charge in [0.05, 0.1) is 11.5 Å². The van der Waals surface area contributed by atoms with Crippen molar-refractivity contribution in [1.82, 2.24) is 4.57 Å². The summed E-state index contributed by atoms with van der Waals surface area (Å²) in [6.07, 6.45) is 0. The summed E-state index contributed by atoms with van der Waals surface area (Å²) in [5, 5.41) is 9.46. The molecule has 1 aromatic heterocycles. The Kier molecular flexibility index (Phi) is 3.22. The number of allylic oxidation sites excluding steroid dienone is 1. The van der Waals surface area contributed by atoms with E-state index in [0.29, 0.717) is 11.3 Å². The van der Waals surface area contributed by atoms with Gasteiger partial charge in [0.25, 0.3) is 5.56 Å². The van der Waals surface area contributed by atoms with Crippen LogP contribution in [0.1, 0.15) is 22.7 Å². The normalized spacial score (nSPS) is 16.7. The molecular weight excluding hydrogens is 278 g/mol. The van der Waals surface area contributed by atoms with Crippen LogP contribution in [0, 0.1) is 18.3 Å². The number of nitrogens with two attached hydrogens (primary N) is 1. The van der Waals surface area contributed by atoms with Gasteiger partial charge in [0.15, 0.2) is 0 Å². The Morgan fingerprint density at radius 3 is 2.64 bits per heavy atom. The number of hydrogen-bond donors (Lipinski definition) is 1. The molecule has 0 saturated carbocycles. The lowest BCUT2D eigenvalue weighted by molar-refractivity contribution is 0.389. The van der Waals surface area contributed by atoms with Gasteiger partial charge in [0.2, 0.25) is 5.88 Å². The van der Waals surface area contributed by atoms with Gasteiger partial charge >= 0.3 is 0 Å². The second kappa shape index (κ2) is 5.08. The Morgan fingerprint density at radius 1 is 1.32 bits per heavy atom. The van der Waals surface area contributed by atoms with Crippen LogP contribution in [0.15, 0.2) is 52.6 Å². The highest BCUT2D eigenvalue weighted by atomic mass is 16.5. The Balaban J connectivity index is 2.36. The van der Waals surface area contributed by atoms with Gasteiger partial charge < -0.3 is 15.0 Å². The third-order valence-electron chi connectivity index (χ3n) is 3.99. The number of nitrogens with zero attached hydrogens (tertiary/aromatic N) is 2. The van der Waals surface area contributed by atoms with Gasteiger partial charge in [-0.1, -0.05) is 30.3 Å². The number of aryl methyl sites for hydroxylation is 1. The average molecular weight is 293 g/mol. The first-order chi connectivity index (χ1) is 10.5. The Labute approximate surface area is 127 Å². The second-order valence-electron chi connectivity index (χ2n) is 5.26. The highest BCUT2D eigenvalue weighted by Crippen LogP contribution is 2.40. The number of aromatic nitrogens is 1. The molecule has 1 aliphatic rings. The summed E-state index contributed by atoms with van der Waals surface area (Å²) in [6.45, 7) is 1.82. The van der Waals surface area contributed by atoms with Gasteiger partial charge in [0, 0.05) is 18.8 Å². The zero-order valence-corrected chi connectivity index (χ0v) is 12.3. The molecule has 0 fully saturated rings. The van der Waals surface area contributed by atoms with E-state index in [-0.39, 0.29) is 17.0 Å². The first-order valence-electron chi connectivity index (χ1n) is 6.87. The minimum Gasteiger partial charge on any atom is -0.440 e. The molecule has 1 aromatic carbocycles. The van der Waals surface area contributed by atoms with E-state index in [1.54, 1.807) is 17.7 Å². The SMILES string of the molecule is Cc1cc2c(c(=O)n1C)[C@H](c1ccccc1)C(C#N)=C(N)O2. The van der Waals surface area contributed by atoms with Crippen molar-refractivity contribution in [3.05, 3.63) is 75.0 Å². The molecule has 5 nitrogen and oxygen atoms in total. The van der Waals surface area contributed by atoms with Crippen molar-refractivity contribution in [2.24, 2.45) is 12.8 Å². The lowest BCUT2D eigenvalue weighted by atomic mass is 9.84. The number of hydrogen-bond acceptors (Lipinski definition) is 4. The van der Waals surface area contributed by atoms with E-state index < -0.39 is 5.92 Å². The summed E-state index contributed by atoms with van der Waals surface area (Å²) in [5.41, 5.74) is 8.04. The summed E-state index contributed by atoms with van der Waals surface area (Å²) in [6, 6.07) is 13.2. The first-order valence-corrected chi connectivity index (χ1v) is 6.87. The minimum atomic E-state index is -0.505. The maximum atomic E-state index is 12.7. The molecule has 1 aliphatic heterocycles. The van der Waals surface area contributed by atoms with Gasteiger partial charge in [-0.15, -0.1) is 0 Å². The highest BCUT2D eigenvalue weighted by Gasteiger charge is 2.33. The molecular formula is C17H15N3O2. The van der Waals surface area contributed by atoms with Crippen LogP contribution in [0.2, 0.25) is 0 Å². The van der Waals surface area contributed by atoms with E-state index in [4.69, 9.17) is 10.5 Å². The predicted molar refractivity (Wildman–Crippen MR) is 82.2 cm³/mol. The summed E-state index contributed by atoms with van der Waals surface area (Å²) in [7, 11) is 1.70. The third-order valence-corrected chi connectivity index (χ3v) is 3.99. The molecule has 0 saturated heterocycles. The fourth-order valence-corrected chi connectivity index (χ4v) is 2.72. The lowest BCUT2D eigenvalue weighted by Gasteiger charge is -2.26. The number of nitriles is 1. The second-order valence-corrected chi connectivity index (χ2v) is 5.26. The smallest absolute Gasteiger partial charge is 0.258 e. The number of rotatable bonds is 1. The molecule has 22 heavy (non-hydrogen) atoms. The van der Waals surface area contributed by atoms with Gasteiger partial charge in [-0.2, -0.15) is 5.26 Å². The van der Waals surface area contributed by atoms with Crippen molar-refractivity contribution < 1.29 is 4.74 Å². The van der Waals surface area contributed by atoms with Crippen molar-refractivity contribution in [3.63, 3.8) is 0 Å². The average Bonchev–Trinajstić information content (AvgIpc) is 2.52. The van der Waals surface area contributed by atoms with Crippen LogP contribution in [0.3, 0.4) is 0 Å². The maximum Gasteiger partial charge on any atom is 0.258 e. The van der Waals surface area contributed by atoms with Gasteiger partial charge in [0.1, 0.15) is 17.4 Å². The van der Waals surface area contributed by atoms with Crippen LogP contribution in [0.25, 0.3) is 0 Å². The fourth-order valence-electron chi connectivity index (χ4n) is 2.72. The van der Waals surface area contributed by atoms with E-state index in [0.717, 1.165) is 11.3 Å². The lowest BCUT2D eigenvalue weighted by Crippen LogP contribution is -2.31. The minimum absolute atomic E-state index is 0.0523. The molecule has 3 rings (SSSR count). The van der Waals surface area contributed by atoms with Crippen LogP contribution in [0.4, 0.5) is 0 Å². The molecule has 2 heterocycles. The van der Waals surface area contributed by atoms with Crippen molar-refractivity contribution in [3.8, 4) is 11.8 Å². The number of benzene rings is 1. The molecule has 0 aliphatic carbocycles. The van der Waals surface area contributed by atoms with Crippen molar-refractivity contribution >= 4 is 0 Å². The van der Waals surface area contributed by atoms with Gasteiger partial charge in [-0.25, -0.2) is 0 Å². The Hall–Kier alpha value is -3.00. The van der Waals surface area contributed by atoms with Crippen molar-refractivity contribution in [1.29, 1.82) is 5.26 Å². The summed E-state index contributed by atoms with van der Waals surface area (Å²) >= 11 is 0. The third kappa shape index (κ3) is 1.97. The molecule has 110 valence electrons. The Morgan fingerprint density at radius 2 is 2.00 bits per heavy atom. The molecule has 0 spiro atoms. The van der Waals surface area contributed by atoms with Crippen LogP contribution in [-0.4, -0.2) is 4.57 Å². The van der Waals surface area contributed by atoms with Crippen molar-refractivity contribution in [2.75, 3.05) is 0 Å². The topological polar surface area (TPSA) is 81.0 Å². The van der Waals surface area contributed by atoms with Gasteiger partial charge in [-0.05, 0) is 12.5 Å². The molecule has 0 amide bonds. The van der Waals surface area contributed by atoms with Crippen molar-refractivity contribution in [2.45, 2.75) is 12.8 Å². The molecule has 2 N–H and O–H groups in total. The van der Waals surface area contributed by atoms with Crippen LogP contribution in [0.5, 0.6) is 5.75 Å². The highest BCUT2D eigenvalue weighted by molar-refractivity contribution is 5.55. The Bertz CT molecular complexity index is 873. The molecule has 1 atom stereocenters. The van der Waals surface area contributed by atoms with E-state index in [1.165, 1.54) is 0 Å². The number of ether oxygens (including phenoxy) is 1. The largest absolute Gasteiger partial charge is 0.440 e. The van der Waals surface area contributed by atoms with E-state index in [1.807, 2.05) is 37.3 Å². The zero-order valence-electron chi connectivity index (χ0n) is 12.3. The first kappa shape index (κ1) is 14.0. The molecule has 0 bridgehead atoms. The zero-order chi connectivity index (χ0) is 15.9. The summed E-state index contributed by atoms with van der Waals surface area (Å²) < 4.78 is 7.08. The van der Waals surface area contributed by atoms with E-state index >= 15 is 0 Å². The fraction of sp³-hybridized carbons (Fsp3) is 0.176. The van der Waals surface area contributed by atoms with E-state index in [9.17, 15) is 10.1 Å². The predicted octanol–water partition coefficient (Wildman–Crippen LogP) is 1.91. The number of pyridine rings is 1. The molecule has 5 heteroatoms. The molecule has 0 radical (unpaired) electrons. The monoisotopic (exact) mass is 293 g/mol. The maximum absolute atomic E-state index is 12.7. The van der Waals surface area contributed by atoms with Crippen LogP contribution >= 0.6 is 0 Å². The number of fused-ring (bicyclic) bond motifs is 1. The standard InChI is InChI=1S/C17H15N3O2/c1-10-8-13-15(17(21)20(10)2)14(11-6-4-3-5-7-11)12(9-18)16(19)22-13/h3-8,14H,19H2,1-2H3/t14-/m1/s1. The molecule has 0 unspecified atom stereocenters. The van der Waals surface area contributed by atoms with Crippen LogP contribution < -0.4 is 16.0 Å². The van der Waals surface area contributed by atoms with E-state index in [2.05, 4.69) is 6.07 Å². The molecule has 2 aromatic rings. The summed E-state index contributed by atoms with van der Waals surface area (Å²) in [5.74, 6) is -0.0308. The quantitative estimate of drug-likeness (QED) is 0.871.